The van der Waals surface area contributed by atoms with E-state index in [1.807, 2.05) is 0 Å². The Morgan fingerprint density at radius 2 is 2.00 bits per heavy atom. The Labute approximate surface area is 75.5 Å². The van der Waals surface area contributed by atoms with Crippen LogP contribution in [0.1, 0.15) is 19.8 Å². The molecule has 0 aliphatic heterocycles. The molecule has 0 fully saturated rings. The molecule has 12 heavy (non-hydrogen) atoms. The molecule has 1 aliphatic rings. The molecule has 2 unspecified atom stereocenters. The smallest absolute Gasteiger partial charge is 0.0493 e. The van der Waals surface area contributed by atoms with Gasteiger partial charge in [-0.1, -0.05) is 19.1 Å². The van der Waals surface area contributed by atoms with Gasteiger partial charge in [-0.15, -0.1) is 0 Å². The van der Waals surface area contributed by atoms with Crippen molar-refractivity contribution in [2.45, 2.75) is 19.8 Å². The molecule has 1 aliphatic carbocycles. The first kappa shape index (κ1) is 9.79. The maximum atomic E-state index is 8.99. The molecule has 2 atom stereocenters. The Morgan fingerprint density at radius 1 is 1.25 bits per heavy atom. The highest BCUT2D eigenvalue weighted by Crippen LogP contribution is 2.17. The molecule has 67 valence electrons. The number of hydrogen-bond acceptors (Lipinski definition) is 1. The van der Waals surface area contributed by atoms with Crippen LogP contribution in [0.3, 0.4) is 0 Å². The Kier molecular flexibility index (Phi) is 4.37. The monoisotopic (exact) mass is 165 g/mol. The van der Waals surface area contributed by atoms with Crippen LogP contribution in [0.5, 0.6) is 0 Å². The molecule has 1 nitrogen and oxygen atoms in total. The van der Waals surface area contributed by atoms with E-state index >= 15 is 0 Å². The van der Waals surface area contributed by atoms with Crippen LogP contribution in [0.25, 0.3) is 0 Å². The minimum atomic E-state index is 0.258. The second-order valence-corrected chi connectivity index (χ2v) is 3.44. The Hall–Kier alpha value is -0.300. The van der Waals surface area contributed by atoms with Gasteiger partial charge in [0.1, 0.15) is 0 Å². The van der Waals surface area contributed by atoms with Gasteiger partial charge in [-0.2, -0.15) is 0 Å². The lowest BCUT2D eigenvalue weighted by Crippen LogP contribution is -2.02. The molecule has 1 heteroatoms. The van der Waals surface area contributed by atoms with Gasteiger partial charge in [0.15, 0.2) is 0 Å². The fourth-order valence-electron chi connectivity index (χ4n) is 1.28. The SMILES string of the molecule is CC1/C=C\C(CO)C[CH][CH][CH]C1. The van der Waals surface area contributed by atoms with Crippen molar-refractivity contribution in [2.75, 3.05) is 6.61 Å². The lowest BCUT2D eigenvalue weighted by atomic mass is 10.0. The summed E-state index contributed by atoms with van der Waals surface area (Å²) in [6.07, 6.45) is 12.8. The van der Waals surface area contributed by atoms with E-state index in [-0.39, 0.29) is 6.61 Å². The summed E-state index contributed by atoms with van der Waals surface area (Å²) in [5, 5.41) is 8.99. The predicted octanol–water partition coefficient (Wildman–Crippen LogP) is 2.19. The van der Waals surface area contributed by atoms with Crippen molar-refractivity contribution in [3.8, 4) is 0 Å². The highest BCUT2D eigenvalue weighted by molar-refractivity contribution is 5.04. The predicted molar refractivity (Wildman–Crippen MR) is 51.0 cm³/mol. The number of aliphatic hydroxyl groups excluding tert-OH is 1. The highest BCUT2D eigenvalue weighted by atomic mass is 16.3. The van der Waals surface area contributed by atoms with E-state index in [4.69, 9.17) is 5.11 Å². The van der Waals surface area contributed by atoms with E-state index in [2.05, 4.69) is 38.3 Å². The summed E-state index contributed by atoms with van der Waals surface area (Å²) in [5.41, 5.74) is 0. The Morgan fingerprint density at radius 3 is 2.75 bits per heavy atom. The molecular weight excluding hydrogens is 148 g/mol. The van der Waals surface area contributed by atoms with Crippen LogP contribution >= 0.6 is 0 Å². The van der Waals surface area contributed by atoms with E-state index in [1.165, 1.54) is 0 Å². The molecule has 0 heterocycles. The van der Waals surface area contributed by atoms with E-state index in [0.29, 0.717) is 11.8 Å². The quantitative estimate of drug-likeness (QED) is 0.590. The molecule has 0 aromatic rings. The van der Waals surface area contributed by atoms with Crippen LogP contribution in [-0.2, 0) is 0 Å². The zero-order valence-electron chi connectivity index (χ0n) is 7.61. The zero-order valence-corrected chi connectivity index (χ0v) is 7.61. The molecule has 1 rings (SSSR count). The first-order valence-electron chi connectivity index (χ1n) is 4.60. The van der Waals surface area contributed by atoms with E-state index in [0.717, 1.165) is 12.8 Å². The van der Waals surface area contributed by atoms with Gasteiger partial charge in [0.2, 0.25) is 0 Å². The van der Waals surface area contributed by atoms with Crippen molar-refractivity contribution < 1.29 is 5.11 Å². The van der Waals surface area contributed by atoms with Crippen molar-refractivity contribution in [3.63, 3.8) is 0 Å². The van der Waals surface area contributed by atoms with Crippen molar-refractivity contribution in [1.29, 1.82) is 0 Å². The first-order chi connectivity index (χ1) is 5.83. The summed E-state index contributed by atoms with van der Waals surface area (Å²) >= 11 is 0. The number of rotatable bonds is 1. The molecule has 0 saturated heterocycles. The lowest BCUT2D eigenvalue weighted by molar-refractivity contribution is 0.251. The molecule has 0 aromatic heterocycles. The topological polar surface area (TPSA) is 20.2 Å². The van der Waals surface area contributed by atoms with Gasteiger partial charge in [0.05, 0.1) is 0 Å². The standard InChI is InChI=1S/C11H17O/c1-10-5-3-2-4-6-11(9-12)8-7-10/h2-4,7-8,10-12H,5-6,9H2,1H3/b8-7-. The third kappa shape index (κ3) is 3.40. The van der Waals surface area contributed by atoms with E-state index in [1.54, 1.807) is 0 Å². The van der Waals surface area contributed by atoms with Crippen LogP contribution in [0.4, 0.5) is 0 Å². The van der Waals surface area contributed by atoms with Crippen LogP contribution in [0.15, 0.2) is 12.2 Å². The van der Waals surface area contributed by atoms with Crippen LogP contribution in [-0.4, -0.2) is 11.7 Å². The molecule has 1 N–H and O–H groups in total. The fourth-order valence-corrected chi connectivity index (χ4v) is 1.28. The first-order valence-corrected chi connectivity index (χ1v) is 4.60. The summed E-state index contributed by atoms with van der Waals surface area (Å²) in [4.78, 5) is 0. The lowest BCUT2D eigenvalue weighted by Gasteiger charge is -2.06. The second kappa shape index (κ2) is 5.36. The molecule has 0 aromatic carbocycles. The van der Waals surface area contributed by atoms with Gasteiger partial charge in [-0.3, -0.25) is 0 Å². The number of aliphatic hydroxyl groups is 1. The Balaban J connectivity index is 2.43. The van der Waals surface area contributed by atoms with Gasteiger partial charge in [0, 0.05) is 12.5 Å². The highest BCUT2D eigenvalue weighted by Gasteiger charge is 2.07. The van der Waals surface area contributed by atoms with Crippen molar-refractivity contribution in [2.24, 2.45) is 11.8 Å². The average molecular weight is 165 g/mol. The minimum Gasteiger partial charge on any atom is -0.396 e. The maximum absolute atomic E-state index is 8.99. The van der Waals surface area contributed by atoms with Gasteiger partial charge < -0.3 is 5.11 Å². The van der Waals surface area contributed by atoms with Crippen LogP contribution in [0.2, 0.25) is 0 Å². The van der Waals surface area contributed by atoms with Gasteiger partial charge in [0.25, 0.3) is 0 Å². The van der Waals surface area contributed by atoms with Gasteiger partial charge >= 0.3 is 0 Å². The summed E-state index contributed by atoms with van der Waals surface area (Å²) in [6, 6.07) is 0. The maximum Gasteiger partial charge on any atom is 0.0493 e. The summed E-state index contributed by atoms with van der Waals surface area (Å²) in [7, 11) is 0. The average Bonchev–Trinajstić information content (AvgIpc) is 2.17. The molecule has 0 saturated carbocycles. The van der Waals surface area contributed by atoms with E-state index < -0.39 is 0 Å². The fraction of sp³-hybridized carbons (Fsp3) is 0.545. The number of allylic oxidation sites excluding steroid dienone is 1. The van der Waals surface area contributed by atoms with Crippen molar-refractivity contribution in [1.82, 2.24) is 0 Å². The normalized spacial score (nSPS) is 34.8. The Bertz CT molecular complexity index is 140. The van der Waals surface area contributed by atoms with Gasteiger partial charge in [-0.05, 0) is 38.0 Å². The van der Waals surface area contributed by atoms with Crippen molar-refractivity contribution >= 4 is 0 Å². The molecule has 0 amide bonds. The summed E-state index contributed by atoms with van der Waals surface area (Å²) < 4.78 is 0. The molecule has 0 spiro atoms. The number of hydrogen-bond donors (Lipinski definition) is 1. The van der Waals surface area contributed by atoms with E-state index in [9.17, 15) is 0 Å². The third-order valence-electron chi connectivity index (χ3n) is 2.17. The van der Waals surface area contributed by atoms with Crippen molar-refractivity contribution in [3.05, 3.63) is 31.4 Å². The molecule has 3 radical (unpaired) electrons. The van der Waals surface area contributed by atoms with Gasteiger partial charge in [-0.25, -0.2) is 0 Å². The summed E-state index contributed by atoms with van der Waals surface area (Å²) in [5.74, 6) is 0.914. The van der Waals surface area contributed by atoms with Crippen LogP contribution < -0.4 is 0 Å². The molecule has 0 bridgehead atoms. The molecular formula is C11H17O. The second-order valence-electron chi connectivity index (χ2n) is 3.44. The zero-order chi connectivity index (χ0) is 8.81. The third-order valence-corrected chi connectivity index (χ3v) is 2.17. The minimum absolute atomic E-state index is 0.258. The largest absolute Gasteiger partial charge is 0.396 e. The summed E-state index contributed by atoms with van der Waals surface area (Å²) in [6.45, 7) is 2.45. The van der Waals surface area contributed by atoms with Crippen LogP contribution in [0, 0.1) is 31.1 Å².